The number of carbonyl (C=O) groups is 1. The number of carbonyl (C=O) groups excluding carboxylic acids is 1. The van der Waals surface area contributed by atoms with E-state index in [0.29, 0.717) is 12.3 Å². The summed E-state index contributed by atoms with van der Waals surface area (Å²) in [6.07, 6.45) is 4.65. The molecule has 3 nitrogen and oxygen atoms in total. The van der Waals surface area contributed by atoms with Gasteiger partial charge in [0.15, 0.2) is 0 Å². The van der Waals surface area contributed by atoms with Gasteiger partial charge in [-0.15, -0.1) is 23.1 Å². The van der Waals surface area contributed by atoms with E-state index < -0.39 is 0 Å². The van der Waals surface area contributed by atoms with Gasteiger partial charge in [-0.2, -0.15) is 0 Å². The van der Waals surface area contributed by atoms with Crippen LogP contribution >= 0.6 is 23.1 Å². The number of thioether (sulfide) groups is 1. The molecule has 2 rings (SSSR count). The third-order valence-electron chi connectivity index (χ3n) is 2.75. The molecule has 5 heteroatoms. The first kappa shape index (κ1) is 15.1. The molecule has 0 radical (unpaired) electrons. The lowest BCUT2D eigenvalue weighted by Gasteiger charge is -2.03. The predicted octanol–water partition coefficient (Wildman–Crippen LogP) is 3.26. The summed E-state index contributed by atoms with van der Waals surface area (Å²) in [4.78, 5) is 18.4. The lowest BCUT2D eigenvalue weighted by Crippen LogP contribution is -2.24. The van der Waals surface area contributed by atoms with Crippen molar-refractivity contribution in [2.75, 3.05) is 5.75 Å². The van der Waals surface area contributed by atoms with E-state index in [0.717, 1.165) is 17.7 Å². The highest BCUT2D eigenvalue weighted by Gasteiger charge is 2.04. The highest BCUT2D eigenvalue weighted by atomic mass is 32.2. The fourth-order valence-electron chi connectivity index (χ4n) is 1.69. The molecule has 2 heterocycles. The standard InChI is InChI=1S/C15H18N2OS2/c1-2-13-5-6-14(20-13)9-17-15(18)11-19-10-12-4-3-7-16-8-12/h3-8H,2,9-11H2,1H3,(H,17,18). The Morgan fingerprint density at radius 3 is 2.90 bits per heavy atom. The molecule has 0 saturated carbocycles. The quantitative estimate of drug-likeness (QED) is 0.854. The molecule has 1 N–H and O–H groups in total. The summed E-state index contributed by atoms with van der Waals surface area (Å²) in [7, 11) is 0. The minimum absolute atomic E-state index is 0.0883. The Morgan fingerprint density at radius 2 is 2.20 bits per heavy atom. The highest BCUT2D eigenvalue weighted by molar-refractivity contribution is 7.99. The maximum Gasteiger partial charge on any atom is 0.230 e. The lowest BCUT2D eigenvalue weighted by atomic mass is 10.3. The third-order valence-corrected chi connectivity index (χ3v) is 4.98. The average Bonchev–Trinajstić information content (AvgIpc) is 2.94. The molecule has 0 spiro atoms. The van der Waals surface area contributed by atoms with Crippen LogP contribution in [0.15, 0.2) is 36.7 Å². The van der Waals surface area contributed by atoms with Crippen LogP contribution in [0.2, 0.25) is 0 Å². The van der Waals surface area contributed by atoms with Crippen molar-refractivity contribution in [3.05, 3.63) is 52.0 Å². The number of thiophene rings is 1. The molecule has 0 bridgehead atoms. The third kappa shape index (κ3) is 4.98. The van der Waals surface area contributed by atoms with Crippen molar-refractivity contribution in [2.45, 2.75) is 25.6 Å². The summed E-state index contributed by atoms with van der Waals surface area (Å²) in [5.74, 6) is 1.39. The van der Waals surface area contributed by atoms with Gasteiger partial charge in [0.25, 0.3) is 0 Å². The van der Waals surface area contributed by atoms with Crippen molar-refractivity contribution >= 4 is 29.0 Å². The van der Waals surface area contributed by atoms with E-state index in [4.69, 9.17) is 0 Å². The van der Waals surface area contributed by atoms with Gasteiger partial charge in [0.1, 0.15) is 0 Å². The number of hydrogen-bond donors (Lipinski definition) is 1. The molecule has 20 heavy (non-hydrogen) atoms. The zero-order valence-electron chi connectivity index (χ0n) is 11.5. The van der Waals surface area contributed by atoms with Crippen LogP contribution in [-0.2, 0) is 23.5 Å². The van der Waals surface area contributed by atoms with Crippen LogP contribution in [0.3, 0.4) is 0 Å². The van der Waals surface area contributed by atoms with E-state index in [2.05, 4.69) is 29.4 Å². The zero-order valence-corrected chi connectivity index (χ0v) is 13.1. The normalized spacial score (nSPS) is 10.4. The number of nitrogens with zero attached hydrogens (tertiary/aromatic N) is 1. The SMILES string of the molecule is CCc1ccc(CNC(=O)CSCc2cccnc2)s1. The van der Waals surface area contributed by atoms with Gasteiger partial charge in [-0.1, -0.05) is 13.0 Å². The summed E-state index contributed by atoms with van der Waals surface area (Å²) in [6, 6.07) is 8.16. The van der Waals surface area contributed by atoms with Crippen LogP contribution < -0.4 is 5.32 Å². The molecule has 1 amide bonds. The van der Waals surface area contributed by atoms with Gasteiger partial charge >= 0.3 is 0 Å². The van der Waals surface area contributed by atoms with E-state index in [1.807, 2.05) is 18.3 Å². The van der Waals surface area contributed by atoms with Gasteiger partial charge in [0.05, 0.1) is 12.3 Å². The largest absolute Gasteiger partial charge is 0.350 e. The molecule has 0 saturated heterocycles. The van der Waals surface area contributed by atoms with E-state index in [9.17, 15) is 4.79 Å². The van der Waals surface area contributed by atoms with E-state index in [1.54, 1.807) is 29.3 Å². The molecule has 106 valence electrons. The summed E-state index contributed by atoms with van der Waals surface area (Å²) < 4.78 is 0. The van der Waals surface area contributed by atoms with Crippen LogP contribution in [0.5, 0.6) is 0 Å². The smallest absolute Gasteiger partial charge is 0.230 e. The van der Waals surface area contributed by atoms with Gasteiger partial charge < -0.3 is 5.32 Å². The van der Waals surface area contributed by atoms with Crippen LogP contribution in [0.1, 0.15) is 22.2 Å². The van der Waals surface area contributed by atoms with Crippen molar-refractivity contribution in [2.24, 2.45) is 0 Å². The molecule has 0 aliphatic carbocycles. The molecular weight excluding hydrogens is 288 g/mol. The van der Waals surface area contributed by atoms with Gasteiger partial charge in [-0.3, -0.25) is 9.78 Å². The van der Waals surface area contributed by atoms with Crippen molar-refractivity contribution in [1.82, 2.24) is 10.3 Å². The molecule has 0 aliphatic rings. The molecule has 0 fully saturated rings. The molecule has 0 aromatic carbocycles. The van der Waals surface area contributed by atoms with Crippen molar-refractivity contribution in [3.8, 4) is 0 Å². The van der Waals surface area contributed by atoms with Crippen molar-refractivity contribution in [1.29, 1.82) is 0 Å². The summed E-state index contributed by atoms with van der Waals surface area (Å²) in [6.45, 7) is 2.78. The summed E-state index contributed by atoms with van der Waals surface area (Å²) >= 11 is 3.38. The fraction of sp³-hybridized carbons (Fsp3) is 0.333. The Hall–Kier alpha value is -1.33. The monoisotopic (exact) mass is 306 g/mol. The molecule has 0 atom stereocenters. The van der Waals surface area contributed by atoms with Crippen LogP contribution in [0, 0.1) is 0 Å². The number of rotatable bonds is 7. The van der Waals surface area contributed by atoms with Crippen LogP contribution in [0.4, 0.5) is 0 Å². The zero-order chi connectivity index (χ0) is 14.2. The number of pyridine rings is 1. The maximum absolute atomic E-state index is 11.7. The first-order chi connectivity index (χ1) is 9.78. The molecular formula is C15H18N2OS2. The fourth-order valence-corrected chi connectivity index (χ4v) is 3.38. The maximum atomic E-state index is 11.7. The second-order valence-electron chi connectivity index (χ2n) is 4.35. The van der Waals surface area contributed by atoms with Gasteiger partial charge in [-0.05, 0) is 30.2 Å². The second-order valence-corrected chi connectivity index (χ2v) is 6.59. The number of amides is 1. The van der Waals surface area contributed by atoms with Gasteiger partial charge in [-0.25, -0.2) is 0 Å². The lowest BCUT2D eigenvalue weighted by molar-refractivity contribution is -0.118. The van der Waals surface area contributed by atoms with Gasteiger partial charge in [0.2, 0.25) is 5.91 Å². The Balaban J connectivity index is 1.65. The van der Waals surface area contributed by atoms with Crippen LogP contribution in [-0.4, -0.2) is 16.6 Å². The summed E-state index contributed by atoms with van der Waals surface area (Å²) in [5.41, 5.74) is 1.15. The Labute approximate surface area is 127 Å². The summed E-state index contributed by atoms with van der Waals surface area (Å²) in [5, 5.41) is 2.96. The van der Waals surface area contributed by atoms with Gasteiger partial charge in [0, 0.05) is 27.9 Å². The van der Waals surface area contributed by atoms with Crippen molar-refractivity contribution < 1.29 is 4.79 Å². The Kier molecular flexibility index (Phi) is 6.08. The first-order valence-electron chi connectivity index (χ1n) is 6.59. The molecule has 2 aromatic rings. The predicted molar refractivity (Wildman–Crippen MR) is 85.9 cm³/mol. The number of nitrogens with one attached hydrogen (secondary N) is 1. The van der Waals surface area contributed by atoms with E-state index in [1.165, 1.54) is 9.75 Å². The minimum Gasteiger partial charge on any atom is -0.350 e. The number of hydrogen-bond acceptors (Lipinski definition) is 4. The first-order valence-corrected chi connectivity index (χ1v) is 8.56. The van der Waals surface area contributed by atoms with E-state index in [-0.39, 0.29) is 5.91 Å². The second kappa shape index (κ2) is 8.07. The Bertz CT molecular complexity index is 540. The molecule has 0 aliphatic heterocycles. The minimum atomic E-state index is 0.0883. The number of aryl methyl sites for hydroxylation is 1. The topological polar surface area (TPSA) is 42.0 Å². The van der Waals surface area contributed by atoms with Crippen molar-refractivity contribution in [3.63, 3.8) is 0 Å². The highest BCUT2D eigenvalue weighted by Crippen LogP contribution is 2.16. The van der Waals surface area contributed by atoms with E-state index >= 15 is 0 Å². The van der Waals surface area contributed by atoms with Crippen LogP contribution in [0.25, 0.3) is 0 Å². The molecule has 0 unspecified atom stereocenters. The Morgan fingerprint density at radius 1 is 1.35 bits per heavy atom. The molecule has 2 aromatic heterocycles. The number of aromatic nitrogens is 1. The average molecular weight is 306 g/mol.